The highest BCUT2D eigenvalue weighted by atomic mass is 16.5. The molecule has 3 aliphatic rings. The lowest BCUT2D eigenvalue weighted by Crippen LogP contribution is -2.57. The van der Waals surface area contributed by atoms with Crippen LogP contribution in [0.2, 0.25) is 0 Å². The topological polar surface area (TPSA) is 160 Å². The molecular weight excluding hydrogens is 761 g/mol. The number of alkyl carbamates (subject to hydrolysis) is 1. The van der Waals surface area contributed by atoms with E-state index in [1.54, 1.807) is 0 Å². The van der Waals surface area contributed by atoms with Crippen LogP contribution in [-0.4, -0.2) is 84.9 Å². The summed E-state index contributed by atoms with van der Waals surface area (Å²) in [5.41, 5.74) is 8.19. The monoisotopic (exact) mass is 810 g/mol. The number of ether oxygens (including phenoxy) is 2. The lowest BCUT2D eigenvalue weighted by atomic mass is 9.82. The number of carbonyl (C=O) groups is 6. The molecule has 3 atom stereocenters. The molecule has 4 aromatic carbocycles. The summed E-state index contributed by atoms with van der Waals surface area (Å²) in [4.78, 5) is 82.9. The summed E-state index contributed by atoms with van der Waals surface area (Å²) in [7, 11) is 0. The summed E-state index contributed by atoms with van der Waals surface area (Å²) >= 11 is 0. The minimum Gasteiger partial charge on any atom is -0.460 e. The number of amides is 4. The van der Waals surface area contributed by atoms with Gasteiger partial charge >= 0.3 is 12.1 Å². The molecule has 0 radical (unpaired) electrons. The van der Waals surface area contributed by atoms with E-state index in [0.717, 1.165) is 57.3 Å². The zero-order valence-corrected chi connectivity index (χ0v) is 33.7. The Kier molecular flexibility index (Phi) is 13.2. The van der Waals surface area contributed by atoms with Crippen molar-refractivity contribution in [3.63, 3.8) is 0 Å². The van der Waals surface area contributed by atoms with Crippen molar-refractivity contribution < 1.29 is 38.2 Å². The lowest BCUT2D eigenvalue weighted by Gasteiger charge is -2.34. The van der Waals surface area contributed by atoms with E-state index in [2.05, 4.69) is 34.7 Å². The second-order valence-electron chi connectivity index (χ2n) is 15.4. The molecule has 0 aromatic heterocycles. The first-order chi connectivity index (χ1) is 29.2. The number of Topliss-reactive ketones (excluding diaryl/α,β-unsaturated/α-hetero) is 1. The van der Waals surface area contributed by atoms with Crippen LogP contribution in [0.25, 0.3) is 11.1 Å². The maximum Gasteiger partial charge on any atom is 0.407 e. The number of carbonyl (C=O) groups excluding carboxylic acids is 6. The van der Waals surface area contributed by atoms with Crippen LogP contribution in [0.15, 0.2) is 110 Å². The number of fused-ring (bicyclic) bond motifs is 5. The fourth-order valence-electron chi connectivity index (χ4n) is 8.89. The van der Waals surface area contributed by atoms with E-state index in [1.807, 2.05) is 91.9 Å². The zero-order chi connectivity index (χ0) is 42.2. The first-order valence-electron chi connectivity index (χ1n) is 20.7. The lowest BCUT2D eigenvalue weighted by molar-refractivity contribution is -0.145. The molecule has 1 aliphatic heterocycles. The summed E-state index contributed by atoms with van der Waals surface area (Å²) in [5, 5.41) is 7.99. The van der Waals surface area contributed by atoms with Crippen LogP contribution in [0.5, 0.6) is 0 Å². The predicted molar refractivity (Wildman–Crippen MR) is 225 cm³/mol. The highest BCUT2D eigenvalue weighted by Crippen LogP contribution is 2.45. The van der Waals surface area contributed by atoms with Crippen LogP contribution in [0.4, 0.5) is 4.79 Å². The van der Waals surface area contributed by atoms with Crippen LogP contribution >= 0.6 is 0 Å². The number of benzene rings is 4. The molecule has 1 fully saturated rings. The summed E-state index contributed by atoms with van der Waals surface area (Å²) < 4.78 is 10.9. The Labute approximate surface area is 349 Å². The number of nitrogens with one attached hydrogen (secondary N) is 3. The molecule has 4 aromatic rings. The Morgan fingerprint density at radius 2 is 1.37 bits per heavy atom. The number of hydrogen-bond acceptors (Lipinski definition) is 8. The largest absolute Gasteiger partial charge is 0.460 e. The van der Waals surface area contributed by atoms with E-state index in [9.17, 15) is 24.0 Å². The third kappa shape index (κ3) is 8.87. The van der Waals surface area contributed by atoms with Gasteiger partial charge in [0.1, 0.15) is 31.8 Å². The number of esters is 1. The van der Waals surface area contributed by atoms with Gasteiger partial charge in [-0.25, -0.2) is 4.79 Å². The van der Waals surface area contributed by atoms with Crippen molar-refractivity contribution in [2.75, 3.05) is 26.3 Å². The van der Waals surface area contributed by atoms with Crippen molar-refractivity contribution in [1.29, 1.82) is 0 Å². The molecule has 1 saturated heterocycles. The summed E-state index contributed by atoms with van der Waals surface area (Å²) in [5.74, 6) is -4.57. The van der Waals surface area contributed by atoms with Gasteiger partial charge in [-0.2, -0.15) is 0 Å². The van der Waals surface area contributed by atoms with E-state index in [1.165, 1.54) is 11.0 Å². The quantitative estimate of drug-likeness (QED) is 0.0805. The first-order valence-corrected chi connectivity index (χ1v) is 20.7. The Balaban J connectivity index is 1.15. The van der Waals surface area contributed by atoms with E-state index in [0.29, 0.717) is 19.3 Å². The van der Waals surface area contributed by atoms with Crippen molar-refractivity contribution in [3.8, 4) is 11.1 Å². The van der Waals surface area contributed by atoms with Crippen molar-refractivity contribution >= 4 is 35.6 Å². The van der Waals surface area contributed by atoms with Gasteiger partial charge in [-0.15, -0.1) is 0 Å². The Bertz CT molecular complexity index is 2200. The van der Waals surface area contributed by atoms with Gasteiger partial charge in [-0.1, -0.05) is 123 Å². The molecule has 310 valence electrons. The predicted octanol–water partition coefficient (Wildman–Crippen LogP) is 5.51. The maximum atomic E-state index is 15.2. The molecule has 0 spiro atoms. The SMILES string of the molecule is C=CCOC(=O)CNC(=O)C(=O)C(CCC)NC(=O)[C@@H]1CCCN1C(=O)C(NC(=O)OCC1c2ccccc2-c2ccccc21)C1c2ccccc2CCc2ccccc21. The van der Waals surface area contributed by atoms with Gasteiger partial charge in [0, 0.05) is 18.4 Å². The molecule has 2 unspecified atom stereocenters. The van der Waals surface area contributed by atoms with Crippen molar-refractivity contribution in [2.24, 2.45) is 0 Å². The average Bonchev–Trinajstić information content (AvgIpc) is 3.85. The third-order valence-electron chi connectivity index (χ3n) is 11.7. The number of ketones is 1. The smallest absolute Gasteiger partial charge is 0.407 e. The standard InChI is InChI=1S/C48H50N4O8/c1-3-14-39(44(54)46(56)49-28-41(53)59-27-4-2)50-45(55)40-23-13-26-52(40)47(57)43(42-32-17-7-5-15-30(32)24-25-31-16-6-8-18-33(31)42)51-48(58)60-29-38-36-21-11-9-19-34(36)35-20-10-12-22-37(35)38/h4-12,15-22,38-40,42-43H,2-3,13-14,23-29H2,1H3,(H,49,56)(H,50,55)(H,51,58)/t39?,40-,43?/m0/s1. The number of likely N-dealkylation sites (tertiary alicyclic amines) is 1. The van der Waals surface area contributed by atoms with Crippen LogP contribution in [0, 0.1) is 0 Å². The van der Waals surface area contributed by atoms with E-state index in [-0.39, 0.29) is 32.1 Å². The highest BCUT2D eigenvalue weighted by Gasteiger charge is 2.44. The molecule has 60 heavy (non-hydrogen) atoms. The van der Waals surface area contributed by atoms with Crippen LogP contribution in [0.1, 0.15) is 77.8 Å². The Morgan fingerprint density at radius 1 is 0.783 bits per heavy atom. The van der Waals surface area contributed by atoms with Gasteiger partial charge in [0.05, 0.1) is 6.04 Å². The molecule has 4 amide bonds. The van der Waals surface area contributed by atoms with E-state index in [4.69, 9.17) is 9.47 Å². The number of rotatable bonds is 15. The Hall–Kier alpha value is -6.56. The van der Waals surface area contributed by atoms with Crippen LogP contribution < -0.4 is 16.0 Å². The molecule has 2 aliphatic carbocycles. The molecule has 7 rings (SSSR count). The third-order valence-corrected chi connectivity index (χ3v) is 11.7. The van der Waals surface area contributed by atoms with Gasteiger partial charge in [-0.05, 0) is 76.6 Å². The molecule has 0 saturated carbocycles. The normalized spacial score (nSPS) is 16.4. The van der Waals surface area contributed by atoms with E-state index < -0.39 is 66.2 Å². The van der Waals surface area contributed by atoms with Crippen molar-refractivity contribution in [2.45, 2.75) is 75.4 Å². The number of aryl methyl sites for hydroxylation is 2. The van der Waals surface area contributed by atoms with Gasteiger partial charge in [0.2, 0.25) is 17.6 Å². The van der Waals surface area contributed by atoms with Crippen molar-refractivity contribution in [1.82, 2.24) is 20.9 Å². The van der Waals surface area contributed by atoms with Gasteiger partial charge in [0.15, 0.2) is 0 Å². The number of nitrogens with zero attached hydrogens (tertiary/aromatic N) is 1. The summed E-state index contributed by atoms with van der Waals surface area (Å²) in [6.07, 6.45) is 3.51. The summed E-state index contributed by atoms with van der Waals surface area (Å²) in [6.45, 7) is 4.98. The Morgan fingerprint density at radius 3 is 1.97 bits per heavy atom. The average molecular weight is 811 g/mol. The van der Waals surface area contributed by atoms with Gasteiger partial charge < -0.3 is 30.3 Å². The molecule has 0 bridgehead atoms. The number of hydrogen-bond donors (Lipinski definition) is 3. The van der Waals surface area contributed by atoms with E-state index >= 15 is 4.79 Å². The highest BCUT2D eigenvalue weighted by molar-refractivity contribution is 6.38. The van der Waals surface area contributed by atoms with Crippen LogP contribution in [0.3, 0.4) is 0 Å². The molecule has 12 nitrogen and oxygen atoms in total. The first kappa shape index (κ1) is 41.6. The summed E-state index contributed by atoms with van der Waals surface area (Å²) in [6, 6.07) is 28.6. The molecule has 12 heteroatoms. The fourth-order valence-corrected chi connectivity index (χ4v) is 8.89. The molecule has 1 heterocycles. The fraction of sp³-hybridized carbons (Fsp3) is 0.333. The van der Waals surface area contributed by atoms with Gasteiger partial charge in [0.25, 0.3) is 5.91 Å². The van der Waals surface area contributed by atoms with Crippen molar-refractivity contribution in [3.05, 3.63) is 143 Å². The molecule has 3 N–H and O–H groups in total. The van der Waals surface area contributed by atoms with Crippen LogP contribution in [-0.2, 0) is 46.3 Å². The second-order valence-corrected chi connectivity index (χ2v) is 15.4. The zero-order valence-electron chi connectivity index (χ0n) is 33.7. The maximum absolute atomic E-state index is 15.2. The minimum atomic E-state index is -1.19. The minimum absolute atomic E-state index is 0.0454. The van der Waals surface area contributed by atoms with Gasteiger partial charge in [-0.3, -0.25) is 24.0 Å². The second kappa shape index (κ2) is 19.0. The molecular formula is C48H50N4O8.